The predicted molar refractivity (Wildman–Crippen MR) is 90.8 cm³/mol. The van der Waals surface area contributed by atoms with Crippen molar-refractivity contribution in [3.8, 4) is 0 Å². The van der Waals surface area contributed by atoms with Gasteiger partial charge < -0.3 is 10.4 Å². The Kier molecular flexibility index (Phi) is 5.65. The number of aliphatic hydroxyl groups is 1. The molecule has 2 aromatic carbocycles. The number of aliphatic hydroxyl groups excluding tert-OH is 1. The van der Waals surface area contributed by atoms with Crippen molar-refractivity contribution in [2.45, 2.75) is 32.4 Å². The summed E-state index contributed by atoms with van der Waals surface area (Å²) in [5.41, 5.74) is 1.68. The van der Waals surface area contributed by atoms with E-state index in [2.05, 4.69) is 5.32 Å². The number of carbonyl (C=O) groups excluding carboxylic acids is 1. The van der Waals surface area contributed by atoms with Gasteiger partial charge in [-0.1, -0.05) is 30.3 Å². The molecule has 126 valence electrons. The standard InChI is InChI=1S/C18H20N2O4/c1-12-10-15(20(23)24)8-9-16(12)18(22)19-13(2)11-17(21)14-6-4-3-5-7-14/h3-10,13,17,21H,11H2,1-2H3,(H,19,22). The summed E-state index contributed by atoms with van der Waals surface area (Å²) >= 11 is 0. The highest BCUT2D eigenvalue weighted by molar-refractivity contribution is 5.96. The van der Waals surface area contributed by atoms with Gasteiger partial charge in [0.1, 0.15) is 0 Å². The van der Waals surface area contributed by atoms with E-state index in [4.69, 9.17) is 0 Å². The number of nitrogens with one attached hydrogen (secondary N) is 1. The van der Waals surface area contributed by atoms with Crippen LogP contribution in [-0.4, -0.2) is 22.0 Å². The van der Waals surface area contributed by atoms with Crippen molar-refractivity contribution in [1.82, 2.24) is 5.32 Å². The van der Waals surface area contributed by atoms with E-state index in [0.717, 1.165) is 5.56 Å². The first-order valence-electron chi connectivity index (χ1n) is 7.67. The molecule has 1 amide bonds. The number of aryl methyl sites for hydroxylation is 1. The largest absolute Gasteiger partial charge is 0.388 e. The number of carbonyl (C=O) groups is 1. The van der Waals surface area contributed by atoms with Crippen LogP contribution in [-0.2, 0) is 0 Å². The van der Waals surface area contributed by atoms with Gasteiger partial charge in [0.15, 0.2) is 0 Å². The minimum absolute atomic E-state index is 0.0448. The fourth-order valence-corrected chi connectivity index (χ4v) is 2.52. The van der Waals surface area contributed by atoms with Gasteiger partial charge in [-0.25, -0.2) is 0 Å². The summed E-state index contributed by atoms with van der Waals surface area (Å²) in [6.45, 7) is 3.47. The summed E-state index contributed by atoms with van der Waals surface area (Å²) in [7, 11) is 0. The number of amides is 1. The summed E-state index contributed by atoms with van der Waals surface area (Å²) in [4.78, 5) is 22.6. The minimum Gasteiger partial charge on any atom is -0.388 e. The molecule has 0 heterocycles. The van der Waals surface area contributed by atoms with E-state index in [1.54, 1.807) is 6.92 Å². The number of nitrogens with zero attached hydrogens (tertiary/aromatic N) is 1. The van der Waals surface area contributed by atoms with Crippen LogP contribution in [0.2, 0.25) is 0 Å². The van der Waals surface area contributed by atoms with Crippen LogP contribution in [0.4, 0.5) is 5.69 Å². The van der Waals surface area contributed by atoms with Gasteiger partial charge >= 0.3 is 0 Å². The van der Waals surface area contributed by atoms with Crippen molar-refractivity contribution in [2.75, 3.05) is 0 Å². The van der Waals surface area contributed by atoms with E-state index in [9.17, 15) is 20.0 Å². The highest BCUT2D eigenvalue weighted by atomic mass is 16.6. The van der Waals surface area contributed by atoms with Crippen LogP contribution < -0.4 is 5.32 Å². The average Bonchev–Trinajstić information content (AvgIpc) is 2.55. The molecule has 0 saturated heterocycles. The molecule has 0 saturated carbocycles. The number of benzene rings is 2. The Morgan fingerprint density at radius 3 is 2.50 bits per heavy atom. The lowest BCUT2D eigenvalue weighted by molar-refractivity contribution is -0.384. The van der Waals surface area contributed by atoms with Gasteiger partial charge in [0, 0.05) is 23.7 Å². The molecule has 0 aliphatic heterocycles. The van der Waals surface area contributed by atoms with Gasteiger partial charge in [-0.2, -0.15) is 0 Å². The van der Waals surface area contributed by atoms with Gasteiger partial charge in [0.05, 0.1) is 11.0 Å². The molecule has 0 aliphatic rings. The number of hydrogen-bond acceptors (Lipinski definition) is 4. The highest BCUT2D eigenvalue weighted by Gasteiger charge is 2.17. The molecular weight excluding hydrogens is 308 g/mol. The third kappa shape index (κ3) is 4.39. The van der Waals surface area contributed by atoms with Crippen molar-refractivity contribution < 1.29 is 14.8 Å². The summed E-state index contributed by atoms with van der Waals surface area (Å²) in [6, 6.07) is 13.1. The Hall–Kier alpha value is -2.73. The molecule has 2 unspecified atom stereocenters. The topological polar surface area (TPSA) is 92.5 Å². The summed E-state index contributed by atoms with van der Waals surface area (Å²) in [6.07, 6.45) is -0.290. The normalized spacial score (nSPS) is 13.1. The molecule has 6 nitrogen and oxygen atoms in total. The number of nitro benzene ring substituents is 1. The highest BCUT2D eigenvalue weighted by Crippen LogP contribution is 2.19. The second kappa shape index (κ2) is 7.70. The maximum atomic E-state index is 12.3. The minimum atomic E-state index is -0.667. The molecule has 2 atom stereocenters. The van der Waals surface area contributed by atoms with Gasteiger partial charge in [0.2, 0.25) is 0 Å². The first-order chi connectivity index (χ1) is 11.4. The van der Waals surface area contributed by atoms with E-state index in [1.807, 2.05) is 37.3 Å². The van der Waals surface area contributed by atoms with Crippen LogP contribution in [0.15, 0.2) is 48.5 Å². The van der Waals surface area contributed by atoms with Crippen LogP contribution in [0.3, 0.4) is 0 Å². The number of hydrogen-bond donors (Lipinski definition) is 2. The van der Waals surface area contributed by atoms with Gasteiger partial charge in [-0.05, 0) is 37.5 Å². The molecule has 0 bridgehead atoms. The fourth-order valence-electron chi connectivity index (χ4n) is 2.52. The van der Waals surface area contributed by atoms with Gasteiger partial charge in [-0.15, -0.1) is 0 Å². The summed E-state index contributed by atoms with van der Waals surface area (Å²) in [5, 5.41) is 23.8. The predicted octanol–water partition coefficient (Wildman–Crippen LogP) is 3.15. The zero-order valence-corrected chi connectivity index (χ0v) is 13.6. The molecule has 0 fully saturated rings. The SMILES string of the molecule is Cc1cc([N+](=O)[O-])ccc1C(=O)NC(C)CC(O)c1ccccc1. The Balaban J connectivity index is 2.00. The van der Waals surface area contributed by atoms with E-state index in [1.165, 1.54) is 18.2 Å². The Morgan fingerprint density at radius 1 is 1.25 bits per heavy atom. The smallest absolute Gasteiger partial charge is 0.269 e. The maximum Gasteiger partial charge on any atom is 0.269 e. The van der Waals surface area contributed by atoms with Crippen molar-refractivity contribution in [3.63, 3.8) is 0 Å². The monoisotopic (exact) mass is 328 g/mol. The lowest BCUT2D eigenvalue weighted by atomic mass is 10.0. The molecule has 2 aromatic rings. The average molecular weight is 328 g/mol. The maximum absolute atomic E-state index is 12.3. The molecular formula is C18H20N2O4. The quantitative estimate of drug-likeness (QED) is 0.629. The fraction of sp³-hybridized carbons (Fsp3) is 0.278. The lowest BCUT2D eigenvalue weighted by Crippen LogP contribution is -2.34. The van der Waals surface area contributed by atoms with Crippen LogP contribution in [0.5, 0.6) is 0 Å². The van der Waals surface area contributed by atoms with Crippen molar-refractivity contribution in [3.05, 3.63) is 75.3 Å². The van der Waals surface area contributed by atoms with Crippen LogP contribution in [0.25, 0.3) is 0 Å². The molecule has 24 heavy (non-hydrogen) atoms. The third-order valence-corrected chi connectivity index (χ3v) is 3.80. The van der Waals surface area contributed by atoms with E-state index in [-0.39, 0.29) is 17.6 Å². The number of rotatable bonds is 6. The zero-order chi connectivity index (χ0) is 17.7. The van der Waals surface area contributed by atoms with Crippen LogP contribution in [0.1, 0.15) is 40.9 Å². The Bertz CT molecular complexity index is 731. The van der Waals surface area contributed by atoms with Crippen molar-refractivity contribution in [2.24, 2.45) is 0 Å². The molecule has 0 radical (unpaired) electrons. The molecule has 0 aliphatic carbocycles. The molecule has 0 spiro atoms. The van der Waals surface area contributed by atoms with Crippen molar-refractivity contribution in [1.29, 1.82) is 0 Å². The summed E-state index contributed by atoms with van der Waals surface area (Å²) in [5.74, 6) is -0.310. The van der Waals surface area contributed by atoms with Crippen LogP contribution in [0, 0.1) is 17.0 Å². The number of non-ortho nitro benzene ring substituents is 1. The van der Waals surface area contributed by atoms with Crippen LogP contribution >= 0.6 is 0 Å². The second-order valence-corrected chi connectivity index (χ2v) is 5.79. The molecule has 6 heteroatoms. The lowest BCUT2D eigenvalue weighted by Gasteiger charge is -2.18. The van der Waals surface area contributed by atoms with Gasteiger partial charge in [0.25, 0.3) is 11.6 Å². The molecule has 0 aromatic heterocycles. The Morgan fingerprint density at radius 2 is 1.92 bits per heavy atom. The van der Waals surface area contributed by atoms with Crippen molar-refractivity contribution >= 4 is 11.6 Å². The number of nitro groups is 1. The summed E-state index contributed by atoms with van der Waals surface area (Å²) < 4.78 is 0. The Labute approximate surface area is 140 Å². The first kappa shape index (κ1) is 17.6. The molecule has 2 N–H and O–H groups in total. The zero-order valence-electron chi connectivity index (χ0n) is 13.6. The van der Waals surface area contributed by atoms with E-state index < -0.39 is 11.0 Å². The molecule has 2 rings (SSSR count). The second-order valence-electron chi connectivity index (χ2n) is 5.79. The van der Waals surface area contributed by atoms with Gasteiger partial charge in [-0.3, -0.25) is 14.9 Å². The first-order valence-corrected chi connectivity index (χ1v) is 7.67. The third-order valence-electron chi connectivity index (χ3n) is 3.80. The van der Waals surface area contributed by atoms with E-state index in [0.29, 0.717) is 17.5 Å². The van der Waals surface area contributed by atoms with E-state index >= 15 is 0 Å².